The lowest BCUT2D eigenvalue weighted by molar-refractivity contribution is -0.130. The van der Waals surface area contributed by atoms with Crippen molar-refractivity contribution in [2.45, 2.75) is 32.9 Å². The molecule has 3 heterocycles. The van der Waals surface area contributed by atoms with Crippen molar-refractivity contribution in [3.8, 4) is 11.5 Å². The third-order valence-corrected chi connectivity index (χ3v) is 6.09. The number of nitrogens with zero attached hydrogens (tertiary/aromatic N) is 2. The Hall–Kier alpha value is -3.33. The quantitative estimate of drug-likeness (QED) is 0.522. The number of carbonyl (C=O) groups excluding carboxylic acids is 3. The highest BCUT2D eigenvalue weighted by Crippen LogP contribution is 2.37. The molecule has 4 rings (SSSR count). The number of hydrogen-bond acceptors (Lipinski definition) is 6. The van der Waals surface area contributed by atoms with Crippen LogP contribution in [0.3, 0.4) is 0 Å². The lowest BCUT2D eigenvalue weighted by Crippen LogP contribution is -2.41. The summed E-state index contributed by atoms with van der Waals surface area (Å²) in [6, 6.07) is 6.32. The van der Waals surface area contributed by atoms with Gasteiger partial charge in [-0.25, -0.2) is 4.79 Å². The lowest BCUT2D eigenvalue weighted by Gasteiger charge is -2.25. The van der Waals surface area contributed by atoms with Gasteiger partial charge in [0.25, 0.3) is 5.91 Å². The summed E-state index contributed by atoms with van der Waals surface area (Å²) in [5.41, 5.74) is 1.45. The van der Waals surface area contributed by atoms with Crippen LogP contribution < -0.4 is 14.8 Å². The molecule has 3 amide bonds. The van der Waals surface area contributed by atoms with E-state index in [9.17, 15) is 14.4 Å². The van der Waals surface area contributed by atoms with Crippen LogP contribution in [-0.4, -0.2) is 60.7 Å². The highest BCUT2D eigenvalue weighted by Gasteiger charge is 2.50. The first-order chi connectivity index (χ1) is 15.3. The van der Waals surface area contributed by atoms with Crippen LogP contribution in [0, 0.1) is 13.8 Å². The summed E-state index contributed by atoms with van der Waals surface area (Å²) >= 11 is 0. The molecule has 2 aromatic rings. The molecule has 9 nitrogen and oxygen atoms in total. The number of aryl methyl sites for hydroxylation is 1. The highest BCUT2D eigenvalue weighted by atomic mass is 16.6. The van der Waals surface area contributed by atoms with Crippen molar-refractivity contribution in [1.29, 1.82) is 0 Å². The van der Waals surface area contributed by atoms with E-state index < -0.39 is 17.5 Å². The van der Waals surface area contributed by atoms with Gasteiger partial charge in [0.15, 0.2) is 17.3 Å². The van der Waals surface area contributed by atoms with Crippen molar-refractivity contribution in [1.82, 2.24) is 14.8 Å². The molecule has 170 valence electrons. The first kappa shape index (κ1) is 21.9. The largest absolute Gasteiger partial charge is 0.486 e. The monoisotopic (exact) mass is 441 g/mol. The van der Waals surface area contributed by atoms with Crippen LogP contribution in [0.4, 0.5) is 4.79 Å². The van der Waals surface area contributed by atoms with Crippen LogP contribution in [0.1, 0.15) is 34.2 Å². The Bertz CT molecular complexity index is 1090. The van der Waals surface area contributed by atoms with Gasteiger partial charge in [0.2, 0.25) is 0 Å². The molecule has 1 aromatic carbocycles. The number of rotatable bonds is 7. The number of hydrogen-bond donors (Lipinski definition) is 1. The topological polar surface area (TPSA) is 99.1 Å². The average molecular weight is 441 g/mol. The first-order valence-corrected chi connectivity index (χ1v) is 10.5. The fourth-order valence-corrected chi connectivity index (χ4v) is 4.23. The van der Waals surface area contributed by atoms with E-state index in [2.05, 4.69) is 5.32 Å². The van der Waals surface area contributed by atoms with E-state index in [4.69, 9.17) is 14.2 Å². The van der Waals surface area contributed by atoms with Gasteiger partial charge in [-0.15, -0.1) is 0 Å². The molecular formula is C23H27N3O6. The molecule has 2 aliphatic heterocycles. The molecule has 0 radical (unpaired) electrons. The van der Waals surface area contributed by atoms with Gasteiger partial charge >= 0.3 is 6.03 Å². The molecular weight excluding hydrogens is 414 g/mol. The standard InChI is InChI=1S/C23H27N3O6/c1-14-11-17(15(2)25(14)7-8-30-4)18(27)13-26-21(28)23(3,24-22(26)29)16-5-6-19-20(12-16)32-10-9-31-19/h5-6,11-12H,7-10,13H2,1-4H3,(H,24,29)/t23-/m0/s1. The van der Waals surface area contributed by atoms with E-state index in [1.807, 2.05) is 18.4 Å². The number of Topliss-reactive ketones (excluding diaryl/α,β-unsaturated/α-hetero) is 1. The fraction of sp³-hybridized carbons (Fsp3) is 0.435. The minimum absolute atomic E-state index is 0.295. The van der Waals surface area contributed by atoms with Gasteiger partial charge in [-0.3, -0.25) is 14.5 Å². The second-order valence-electron chi connectivity index (χ2n) is 8.16. The maximum atomic E-state index is 13.3. The maximum absolute atomic E-state index is 13.3. The molecule has 32 heavy (non-hydrogen) atoms. The number of amides is 3. The molecule has 0 aliphatic carbocycles. The Morgan fingerprint density at radius 1 is 1.16 bits per heavy atom. The van der Waals surface area contributed by atoms with Crippen LogP contribution >= 0.6 is 0 Å². The smallest absolute Gasteiger partial charge is 0.325 e. The Morgan fingerprint density at radius 3 is 2.59 bits per heavy atom. The molecule has 9 heteroatoms. The minimum Gasteiger partial charge on any atom is -0.486 e. The number of urea groups is 1. The van der Waals surface area contributed by atoms with E-state index in [0.29, 0.717) is 49.0 Å². The molecule has 1 fully saturated rings. The number of carbonyl (C=O) groups is 3. The van der Waals surface area contributed by atoms with Crippen molar-refractivity contribution in [2.75, 3.05) is 33.5 Å². The molecule has 1 aromatic heterocycles. The van der Waals surface area contributed by atoms with Crippen molar-refractivity contribution in [2.24, 2.45) is 0 Å². The second kappa shape index (κ2) is 8.31. The number of imide groups is 1. The molecule has 1 N–H and O–H groups in total. The van der Waals surface area contributed by atoms with Gasteiger partial charge in [-0.1, -0.05) is 6.07 Å². The predicted octanol–water partition coefficient (Wildman–Crippen LogP) is 2.17. The number of nitrogens with one attached hydrogen (secondary N) is 1. The van der Waals surface area contributed by atoms with E-state index in [0.717, 1.165) is 16.3 Å². The van der Waals surface area contributed by atoms with Crippen molar-refractivity contribution < 1.29 is 28.6 Å². The molecule has 0 bridgehead atoms. The molecule has 2 aliphatic rings. The van der Waals surface area contributed by atoms with Gasteiger partial charge in [0.1, 0.15) is 18.8 Å². The summed E-state index contributed by atoms with van der Waals surface area (Å²) in [6.07, 6.45) is 0. The summed E-state index contributed by atoms with van der Waals surface area (Å²) < 4.78 is 18.3. The molecule has 0 saturated carbocycles. The van der Waals surface area contributed by atoms with Gasteiger partial charge in [-0.05, 0) is 44.5 Å². The average Bonchev–Trinajstić information content (AvgIpc) is 3.19. The number of ketones is 1. The summed E-state index contributed by atoms with van der Waals surface area (Å²) in [4.78, 5) is 40.0. The number of methoxy groups -OCH3 is 1. The van der Waals surface area contributed by atoms with E-state index in [1.165, 1.54) is 0 Å². The summed E-state index contributed by atoms with van der Waals surface area (Å²) in [6.45, 7) is 7.06. The molecule has 1 saturated heterocycles. The van der Waals surface area contributed by atoms with Crippen LogP contribution in [0.15, 0.2) is 24.3 Å². The summed E-state index contributed by atoms with van der Waals surface area (Å²) in [5, 5.41) is 2.74. The Morgan fingerprint density at radius 2 is 1.88 bits per heavy atom. The van der Waals surface area contributed by atoms with Gasteiger partial charge in [0.05, 0.1) is 13.2 Å². The van der Waals surface area contributed by atoms with Crippen LogP contribution in [0.5, 0.6) is 11.5 Å². The zero-order valence-corrected chi connectivity index (χ0v) is 18.7. The van der Waals surface area contributed by atoms with E-state index in [-0.39, 0.29) is 12.3 Å². The maximum Gasteiger partial charge on any atom is 0.325 e. The van der Waals surface area contributed by atoms with Gasteiger partial charge < -0.3 is 24.1 Å². The Balaban J connectivity index is 1.55. The Labute approximate surface area is 186 Å². The lowest BCUT2D eigenvalue weighted by atomic mass is 9.91. The third kappa shape index (κ3) is 3.62. The summed E-state index contributed by atoms with van der Waals surface area (Å²) in [5.74, 6) is 0.337. The molecule has 0 unspecified atom stereocenters. The molecule has 1 atom stereocenters. The number of aromatic nitrogens is 1. The normalized spacial score (nSPS) is 19.9. The summed E-state index contributed by atoms with van der Waals surface area (Å²) in [7, 11) is 1.62. The first-order valence-electron chi connectivity index (χ1n) is 10.5. The number of fused-ring (bicyclic) bond motifs is 1. The zero-order chi connectivity index (χ0) is 23.0. The van der Waals surface area contributed by atoms with Crippen molar-refractivity contribution in [3.63, 3.8) is 0 Å². The second-order valence-corrected chi connectivity index (χ2v) is 8.16. The third-order valence-electron chi connectivity index (χ3n) is 6.09. The zero-order valence-electron chi connectivity index (χ0n) is 18.7. The highest BCUT2D eigenvalue weighted by molar-refractivity contribution is 6.11. The number of ether oxygens (including phenoxy) is 3. The van der Waals surface area contributed by atoms with Crippen molar-refractivity contribution in [3.05, 3.63) is 46.8 Å². The van der Waals surface area contributed by atoms with E-state index in [1.54, 1.807) is 38.3 Å². The SMILES string of the molecule is COCCn1c(C)cc(C(=O)CN2C(=O)N[C@@](C)(c3ccc4c(c3)OCCO4)C2=O)c1C. The van der Waals surface area contributed by atoms with Crippen LogP contribution in [0.25, 0.3) is 0 Å². The van der Waals surface area contributed by atoms with Crippen molar-refractivity contribution >= 4 is 17.7 Å². The predicted molar refractivity (Wildman–Crippen MR) is 115 cm³/mol. The van der Waals surface area contributed by atoms with Crippen LogP contribution in [0.2, 0.25) is 0 Å². The number of benzene rings is 1. The van der Waals surface area contributed by atoms with E-state index >= 15 is 0 Å². The van der Waals surface area contributed by atoms with Gasteiger partial charge in [0, 0.05) is 30.6 Å². The Kier molecular flexibility index (Phi) is 5.68. The molecule has 0 spiro atoms. The fourth-order valence-electron chi connectivity index (χ4n) is 4.23. The van der Waals surface area contributed by atoms with Crippen LogP contribution in [-0.2, 0) is 21.6 Å². The van der Waals surface area contributed by atoms with Gasteiger partial charge in [-0.2, -0.15) is 0 Å². The minimum atomic E-state index is -1.30.